The Balaban J connectivity index is 2.18. The van der Waals surface area contributed by atoms with E-state index in [1.54, 1.807) is 0 Å². The van der Waals surface area contributed by atoms with Crippen molar-refractivity contribution in [2.45, 2.75) is 25.3 Å². The molecule has 2 rings (SSSR count). The predicted molar refractivity (Wildman–Crippen MR) is 48.7 cm³/mol. The summed E-state index contributed by atoms with van der Waals surface area (Å²) in [5, 5.41) is 2.73. The van der Waals surface area contributed by atoms with Crippen molar-refractivity contribution < 1.29 is 14.3 Å². The predicted octanol–water partition coefficient (Wildman–Crippen LogP) is 0.107. The third-order valence-electron chi connectivity index (χ3n) is 2.71. The summed E-state index contributed by atoms with van der Waals surface area (Å²) in [5.41, 5.74) is -0.744. The van der Waals surface area contributed by atoms with Crippen LogP contribution >= 0.6 is 0 Å². The molecule has 0 aromatic rings. The number of rotatable bonds is 2. The molecule has 78 valence electrons. The Morgan fingerprint density at radius 3 is 2.93 bits per heavy atom. The van der Waals surface area contributed by atoms with E-state index in [1.807, 2.05) is 6.92 Å². The molecule has 0 aromatic carbocycles. The number of nitrogens with zero attached hydrogens (tertiary/aromatic N) is 1. The van der Waals surface area contributed by atoms with Gasteiger partial charge in [0.15, 0.2) is 0 Å². The van der Waals surface area contributed by atoms with E-state index in [4.69, 9.17) is 4.74 Å². The summed E-state index contributed by atoms with van der Waals surface area (Å²) in [6.45, 7) is 3.30. The van der Waals surface area contributed by atoms with E-state index in [2.05, 4.69) is 5.32 Å². The summed E-state index contributed by atoms with van der Waals surface area (Å²) in [6, 6.07) is -0.276. The van der Waals surface area contributed by atoms with E-state index in [0.717, 1.165) is 6.42 Å². The average molecular weight is 198 g/mol. The standard InChI is InChI=1S/C9H14N2O3/c1-2-4-11-7(12)9(10-8(11)13)3-5-14-6-9/h2-6H2,1H3,(H,10,13). The lowest BCUT2D eigenvalue weighted by atomic mass is 9.99. The molecule has 14 heavy (non-hydrogen) atoms. The van der Waals surface area contributed by atoms with Crippen LogP contribution in [0.4, 0.5) is 4.79 Å². The number of imide groups is 1. The zero-order valence-corrected chi connectivity index (χ0v) is 8.21. The topological polar surface area (TPSA) is 58.6 Å². The zero-order valence-electron chi connectivity index (χ0n) is 8.21. The van der Waals surface area contributed by atoms with Crippen LogP contribution in [0.2, 0.25) is 0 Å². The highest BCUT2D eigenvalue weighted by molar-refractivity contribution is 6.07. The monoisotopic (exact) mass is 198 g/mol. The SMILES string of the molecule is CCCN1C(=O)NC2(CCOC2)C1=O. The second kappa shape index (κ2) is 3.24. The van der Waals surface area contributed by atoms with E-state index >= 15 is 0 Å². The minimum absolute atomic E-state index is 0.123. The van der Waals surface area contributed by atoms with Crippen LogP contribution in [0.3, 0.4) is 0 Å². The largest absolute Gasteiger partial charge is 0.378 e. The van der Waals surface area contributed by atoms with Crippen molar-refractivity contribution in [3.63, 3.8) is 0 Å². The number of carbonyl (C=O) groups is 2. The smallest absolute Gasteiger partial charge is 0.325 e. The molecule has 2 heterocycles. The number of hydrogen-bond acceptors (Lipinski definition) is 3. The van der Waals surface area contributed by atoms with Crippen LogP contribution < -0.4 is 5.32 Å². The van der Waals surface area contributed by atoms with Gasteiger partial charge in [0, 0.05) is 19.6 Å². The molecule has 1 spiro atoms. The Kier molecular flexibility index (Phi) is 2.19. The van der Waals surface area contributed by atoms with Crippen LogP contribution in [-0.2, 0) is 9.53 Å². The van der Waals surface area contributed by atoms with Gasteiger partial charge in [0.05, 0.1) is 6.61 Å². The lowest BCUT2D eigenvalue weighted by molar-refractivity contribution is -0.131. The third-order valence-corrected chi connectivity index (χ3v) is 2.71. The van der Waals surface area contributed by atoms with E-state index in [0.29, 0.717) is 26.2 Å². The first-order chi connectivity index (χ1) is 6.69. The normalized spacial score (nSPS) is 31.6. The van der Waals surface area contributed by atoms with Crippen molar-refractivity contribution in [2.24, 2.45) is 0 Å². The second-order valence-corrected chi connectivity index (χ2v) is 3.77. The maximum absolute atomic E-state index is 11.9. The van der Waals surface area contributed by atoms with Gasteiger partial charge in [-0.2, -0.15) is 0 Å². The van der Waals surface area contributed by atoms with Gasteiger partial charge in [0.25, 0.3) is 5.91 Å². The van der Waals surface area contributed by atoms with Crippen LogP contribution in [0.1, 0.15) is 19.8 Å². The number of ether oxygens (including phenoxy) is 1. The molecule has 0 saturated carbocycles. The molecular weight excluding hydrogens is 184 g/mol. The Bertz CT molecular complexity index is 271. The molecule has 1 unspecified atom stereocenters. The highest BCUT2D eigenvalue weighted by Gasteiger charge is 2.52. The van der Waals surface area contributed by atoms with Crippen LogP contribution in [-0.4, -0.2) is 42.1 Å². The highest BCUT2D eigenvalue weighted by atomic mass is 16.5. The molecule has 1 atom stereocenters. The van der Waals surface area contributed by atoms with Crippen LogP contribution in [0.5, 0.6) is 0 Å². The maximum atomic E-state index is 11.9. The molecular formula is C9H14N2O3. The van der Waals surface area contributed by atoms with Gasteiger partial charge >= 0.3 is 6.03 Å². The fraction of sp³-hybridized carbons (Fsp3) is 0.778. The van der Waals surface area contributed by atoms with E-state index in [1.165, 1.54) is 4.90 Å². The first-order valence-electron chi connectivity index (χ1n) is 4.91. The molecule has 0 aromatic heterocycles. The van der Waals surface area contributed by atoms with E-state index in [9.17, 15) is 9.59 Å². The van der Waals surface area contributed by atoms with Crippen LogP contribution in [0, 0.1) is 0 Å². The lowest BCUT2D eigenvalue weighted by Crippen LogP contribution is -2.47. The minimum Gasteiger partial charge on any atom is -0.378 e. The molecule has 5 heteroatoms. The number of hydrogen-bond donors (Lipinski definition) is 1. The summed E-state index contributed by atoms with van der Waals surface area (Å²) in [4.78, 5) is 24.7. The van der Waals surface area contributed by atoms with Crippen LogP contribution in [0.25, 0.3) is 0 Å². The van der Waals surface area contributed by atoms with Crippen molar-refractivity contribution >= 4 is 11.9 Å². The van der Waals surface area contributed by atoms with E-state index in [-0.39, 0.29) is 11.9 Å². The fourth-order valence-electron chi connectivity index (χ4n) is 1.94. The van der Waals surface area contributed by atoms with Crippen LogP contribution in [0.15, 0.2) is 0 Å². The first-order valence-corrected chi connectivity index (χ1v) is 4.91. The molecule has 1 N–H and O–H groups in total. The van der Waals surface area contributed by atoms with Gasteiger partial charge in [0.2, 0.25) is 0 Å². The minimum atomic E-state index is -0.744. The maximum Gasteiger partial charge on any atom is 0.325 e. The van der Waals surface area contributed by atoms with Crippen molar-refractivity contribution in [3.8, 4) is 0 Å². The lowest BCUT2D eigenvalue weighted by Gasteiger charge is -2.17. The Morgan fingerprint density at radius 2 is 2.36 bits per heavy atom. The molecule has 0 radical (unpaired) electrons. The van der Waals surface area contributed by atoms with Crippen molar-refractivity contribution in [2.75, 3.05) is 19.8 Å². The first kappa shape index (κ1) is 9.45. The summed E-state index contributed by atoms with van der Waals surface area (Å²) < 4.78 is 5.17. The zero-order chi connectivity index (χ0) is 10.2. The molecule has 2 saturated heterocycles. The summed E-state index contributed by atoms with van der Waals surface area (Å²) >= 11 is 0. The Morgan fingerprint density at radius 1 is 1.57 bits per heavy atom. The fourth-order valence-corrected chi connectivity index (χ4v) is 1.94. The van der Waals surface area contributed by atoms with Gasteiger partial charge in [0.1, 0.15) is 5.54 Å². The molecule has 0 bridgehead atoms. The molecule has 3 amide bonds. The number of carbonyl (C=O) groups excluding carboxylic acids is 2. The summed E-state index contributed by atoms with van der Waals surface area (Å²) in [6.07, 6.45) is 1.38. The number of urea groups is 1. The van der Waals surface area contributed by atoms with Crippen molar-refractivity contribution in [1.29, 1.82) is 0 Å². The van der Waals surface area contributed by atoms with Gasteiger partial charge in [-0.1, -0.05) is 6.92 Å². The van der Waals surface area contributed by atoms with Gasteiger partial charge in [-0.15, -0.1) is 0 Å². The number of amides is 3. The van der Waals surface area contributed by atoms with Gasteiger partial charge in [-0.05, 0) is 6.42 Å². The van der Waals surface area contributed by atoms with Crippen molar-refractivity contribution in [3.05, 3.63) is 0 Å². The summed E-state index contributed by atoms with van der Waals surface area (Å²) in [5.74, 6) is -0.123. The van der Waals surface area contributed by atoms with Gasteiger partial charge < -0.3 is 10.1 Å². The summed E-state index contributed by atoms with van der Waals surface area (Å²) in [7, 11) is 0. The molecule has 5 nitrogen and oxygen atoms in total. The van der Waals surface area contributed by atoms with Gasteiger partial charge in [-0.3, -0.25) is 9.69 Å². The molecule has 0 aliphatic carbocycles. The average Bonchev–Trinajstić information content (AvgIpc) is 2.69. The molecule has 2 aliphatic heterocycles. The third kappa shape index (κ3) is 1.19. The molecule has 2 aliphatic rings. The Labute approximate surface area is 82.4 Å². The van der Waals surface area contributed by atoms with Gasteiger partial charge in [-0.25, -0.2) is 4.79 Å². The van der Waals surface area contributed by atoms with E-state index < -0.39 is 5.54 Å². The second-order valence-electron chi connectivity index (χ2n) is 3.77. The molecule has 2 fully saturated rings. The highest BCUT2D eigenvalue weighted by Crippen LogP contribution is 2.26. The number of nitrogens with one attached hydrogen (secondary N) is 1. The van der Waals surface area contributed by atoms with Crippen molar-refractivity contribution in [1.82, 2.24) is 10.2 Å². The quantitative estimate of drug-likeness (QED) is 0.640. The Hall–Kier alpha value is -1.10.